The molecule has 2 aromatic rings. The smallest absolute Gasteiger partial charge is 0.414 e. The van der Waals surface area contributed by atoms with E-state index in [0.717, 1.165) is 12.0 Å². The fourth-order valence-corrected chi connectivity index (χ4v) is 5.30. The van der Waals surface area contributed by atoms with Crippen LogP contribution in [0, 0.1) is 11.7 Å². The maximum Gasteiger partial charge on any atom is 0.414 e. The van der Waals surface area contributed by atoms with Gasteiger partial charge in [0.2, 0.25) is 0 Å². The third kappa shape index (κ3) is 7.30. The second-order valence-electron chi connectivity index (χ2n) is 11.8. The zero-order valence-corrected chi connectivity index (χ0v) is 24.4. The van der Waals surface area contributed by atoms with Gasteiger partial charge >= 0.3 is 12.2 Å². The van der Waals surface area contributed by atoms with Gasteiger partial charge in [0.1, 0.15) is 12.7 Å². The number of nitrogens with zero attached hydrogens (tertiary/aromatic N) is 2. The lowest BCUT2D eigenvalue weighted by Gasteiger charge is -2.36. The second kappa shape index (κ2) is 12.0. The number of amides is 2. The zero-order chi connectivity index (χ0) is 28.2. The molecule has 2 saturated heterocycles. The highest BCUT2D eigenvalue weighted by molar-refractivity contribution is 6.74. The lowest BCUT2D eigenvalue weighted by Crippen LogP contribution is -2.43. The molecular weight excluding hydrogens is 519 g/mol. The van der Waals surface area contributed by atoms with E-state index in [1.54, 1.807) is 11.0 Å². The van der Waals surface area contributed by atoms with E-state index in [1.165, 1.54) is 17.0 Å². The Hall–Kier alpha value is -3.11. The average Bonchev–Trinajstić information content (AvgIpc) is 3.52. The van der Waals surface area contributed by atoms with E-state index in [0.29, 0.717) is 31.9 Å². The third-order valence-electron chi connectivity index (χ3n) is 7.76. The molecule has 2 amide bonds. The van der Waals surface area contributed by atoms with Crippen molar-refractivity contribution in [2.75, 3.05) is 37.7 Å². The highest BCUT2D eigenvalue weighted by Gasteiger charge is 2.40. The maximum atomic E-state index is 14.9. The van der Waals surface area contributed by atoms with Gasteiger partial charge in [0, 0.05) is 25.1 Å². The van der Waals surface area contributed by atoms with Crippen LogP contribution in [-0.4, -0.2) is 64.4 Å². The van der Waals surface area contributed by atoms with E-state index < -0.39 is 26.3 Å². The summed E-state index contributed by atoms with van der Waals surface area (Å²) in [6, 6.07) is 14.0. The van der Waals surface area contributed by atoms with Crippen LogP contribution in [0.15, 0.2) is 48.5 Å². The molecule has 2 aliphatic rings. The van der Waals surface area contributed by atoms with Gasteiger partial charge in [0.25, 0.3) is 0 Å². The molecule has 2 aliphatic heterocycles. The lowest BCUT2D eigenvalue weighted by molar-refractivity contribution is 0.0995. The minimum absolute atomic E-state index is 0.0523. The molecule has 212 valence electrons. The van der Waals surface area contributed by atoms with Gasteiger partial charge in [-0.3, -0.25) is 4.90 Å². The standard InChI is InChI=1S/C29H39FN2O6Si/c1-29(2,3)39(4,5)37-20-24-17-32(28(34)38-24)23-11-12-26(25(30)15-23)35-19-22-13-14-31(16-22)27(33)36-18-21-9-7-6-8-10-21/h6-12,15,22,24H,13-14,16-20H2,1-5H3/t22?,24-/m1/s1. The van der Waals surface area contributed by atoms with E-state index in [9.17, 15) is 14.0 Å². The van der Waals surface area contributed by atoms with E-state index in [-0.39, 0.29) is 36.0 Å². The number of hydrogen-bond donors (Lipinski definition) is 0. The Kier molecular flexibility index (Phi) is 8.85. The van der Waals surface area contributed by atoms with Crippen molar-refractivity contribution in [1.29, 1.82) is 0 Å². The molecule has 0 aliphatic carbocycles. The molecule has 39 heavy (non-hydrogen) atoms. The summed E-state index contributed by atoms with van der Waals surface area (Å²) in [6.45, 7) is 12.9. The van der Waals surface area contributed by atoms with E-state index in [2.05, 4.69) is 33.9 Å². The van der Waals surface area contributed by atoms with Gasteiger partial charge in [-0.1, -0.05) is 51.1 Å². The van der Waals surface area contributed by atoms with Gasteiger partial charge < -0.3 is 23.5 Å². The van der Waals surface area contributed by atoms with Crippen LogP contribution in [0.4, 0.5) is 19.7 Å². The van der Waals surface area contributed by atoms with E-state index in [1.807, 2.05) is 30.3 Å². The Bertz CT molecular complexity index is 1160. The highest BCUT2D eigenvalue weighted by atomic mass is 28.4. The summed E-state index contributed by atoms with van der Waals surface area (Å²) in [7, 11) is -1.98. The summed E-state index contributed by atoms with van der Waals surface area (Å²) in [5, 5.41) is 0.0523. The Morgan fingerprint density at radius 3 is 2.54 bits per heavy atom. The first-order chi connectivity index (χ1) is 18.4. The van der Waals surface area contributed by atoms with Gasteiger partial charge in [-0.25, -0.2) is 14.0 Å². The predicted octanol–water partition coefficient (Wildman–Crippen LogP) is 6.21. The van der Waals surface area contributed by atoms with Gasteiger partial charge in [-0.2, -0.15) is 0 Å². The molecule has 2 fully saturated rings. The van der Waals surface area contributed by atoms with Crippen LogP contribution in [0.1, 0.15) is 32.8 Å². The van der Waals surface area contributed by atoms with Crippen molar-refractivity contribution in [1.82, 2.24) is 4.90 Å². The molecule has 0 bridgehead atoms. The monoisotopic (exact) mass is 558 g/mol. The summed E-state index contributed by atoms with van der Waals surface area (Å²) < 4.78 is 37.7. The number of carbonyl (C=O) groups is 2. The SMILES string of the molecule is CC(C)(C)[Si](C)(C)OC[C@H]1CN(c2ccc(OCC3CCN(C(=O)OCc4ccccc4)C3)c(F)c2)C(=O)O1. The van der Waals surface area contributed by atoms with Gasteiger partial charge in [0.05, 0.1) is 25.4 Å². The topological polar surface area (TPSA) is 77.5 Å². The van der Waals surface area contributed by atoms with Gasteiger partial charge in [0.15, 0.2) is 19.9 Å². The van der Waals surface area contributed by atoms with Gasteiger partial charge in [-0.15, -0.1) is 0 Å². The number of ether oxygens (including phenoxy) is 3. The first-order valence-corrected chi connectivity index (χ1v) is 16.3. The quantitative estimate of drug-likeness (QED) is 0.341. The van der Waals surface area contributed by atoms with Crippen LogP contribution < -0.4 is 9.64 Å². The molecular formula is C29H39FN2O6Si. The Labute approximate surface area is 231 Å². The van der Waals surface area contributed by atoms with Crippen molar-refractivity contribution in [3.63, 3.8) is 0 Å². The molecule has 0 aromatic heterocycles. The Balaban J connectivity index is 1.24. The molecule has 2 heterocycles. The van der Waals surface area contributed by atoms with E-state index in [4.69, 9.17) is 18.6 Å². The number of likely N-dealkylation sites (tertiary alicyclic amines) is 1. The minimum atomic E-state index is -1.98. The third-order valence-corrected chi connectivity index (χ3v) is 12.3. The maximum absolute atomic E-state index is 14.9. The molecule has 8 nitrogen and oxygen atoms in total. The average molecular weight is 559 g/mol. The molecule has 0 N–H and O–H groups in total. The lowest BCUT2D eigenvalue weighted by atomic mass is 10.1. The van der Waals surface area contributed by atoms with Gasteiger partial charge in [-0.05, 0) is 42.2 Å². The Morgan fingerprint density at radius 1 is 1.10 bits per heavy atom. The fourth-order valence-electron chi connectivity index (χ4n) is 4.26. The molecule has 10 heteroatoms. The molecule has 4 rings (SSSR count). The molecule has 0 spiro atoms. The van der Waals surface area contributed by atoms with Crippen LogP contribution >= 0.6 is 0 Å². The predicted molar refractivity (Wildman–Crippen MR) is 149 cm³/mol. The van der Waals surface area contributed by atoms with Crippen LogP contribution in [0.25, 0.3) is 0 Å². The minimum Gasteiger partial charge on any atom is -0.490 e. The summed E-state index contributed by atoms with van der Waals surface area (Å²) in [6.07, 6.45) is -0.534. The molecule has 2 aromatic carbocycles. The van der Waals surface area contributed by atoms with Crippen LogP contribution in [0.3, 0.4) is 0 Å². The fraction of sp³-hybridized carbons (Fsp3) is 0.517. The summed E-state index contributed by atoms with van der Waals surface area (Å²) in [5.74, 6) is -0.379. The van der Waals surface area contributed by atoms with Crippen molar-refractivity contribution < 1.29 is 32.6 Å². The molecule has 0 saturated carbocycles. The first kappa shape index (κ1) is 28.9. The van der Waals surface area contributed by atoms with Crippen molar-refractivity contribution in [2.45, 2.75) is 58.0 Å². The summed E-state index contributed by atoms with van der Waals surface area (Å²) in [5.41, 5.74) is 1.34. The second-order valence-corrected chi connectivity index (χ2v) is 16.6. The normalized spacial score (nSPS) is 19.8. The summed E-state index contributed by atoms with van der Waals surface area (Å²) >= 11 is 0. The molecule has 1 unspecified atom stereocenters. The number of carbonyl (C=O) groups excluding carboxylic acids is 2. The molecule has 0 radical (unpaired) electrons. The number of rotatable bonds is 9. The number of halogens is 1. The van der Waals surface area contributed by atoms with Crippen molar-refractivity contribution in [3.05, 3.63) is 59.9 Å². The highest BCUT2D eigenvalue weighted by Crippen LogP contribution is 2.37. The van der Waals surface area contributed by atoms with Crippen molar-refractivity contribution in [3.8, 4) is 5.75 Å². The van der Waals surface area contributed by atoms with Crippen LogP contribution in [0.2, 0.25) is 18.1 Å². The number of benzene rings is 2. The number of anilines is 1. The summed E-state index contributed by atoms with van der Waals surface area (Å²) in [4.78, 5) is 27.9. The molecule has 2 atom stereocenters. The van der Waals surface area contributed by atoms with E-state index >= 15 is 0 Å². The number of hydrogen-bond acceptors (Lipinski definition) is 6. The number of cyclic esters (lactones) is 1. The zero-order valence-electron chi connectivity index (χ0n) is 23.4. The van der Waals surface area contributed by atoms with Crippen molar-refractivity contribution in [2.24, 2.45) is 5.92 Å². The Morgan fingerprint density at radius 2 is 1.85 bits per heavy atom. The first-order valence-electron chi connectivity index (χ1n) is 13.4. The van der Waals surface area contributed by atoms with Crippen LogP contribution in [0.5, 0.6) is 5.75 Å². The van der Waals surface area contributed by atoms with Crippen molar-refractivity contribution >= 4 is 26.2 Å². The van der Waals surface area contributed by atoms with Crippen LogP contribution in [-0.2, 0) is 20.5 Å². The largest absolute Gasteiger partial charge is 0.490 e.